The van der Waals surface area contributed by atoms with Crippen molar-refractivity contribution in [1.82, 2.24) is 9.97 Å². The zero-order valence-corrected chi connectivity index (χ0v) is 8.35. The van der Waals surface area contributed by atoms with Crippen LogP contribution < -0.4 is 0 Å². The predicted octanol–water partition coefficient (Wildman–Crippen LogP) is 1.90. The number of halogens is 2. The van der Waals surface area contributed by atoms with E-state index in [1.807, 2.05) is 0 Å². The molecule has 1 aromatic rings. The summed E-state index contributed by atoms with van der Waals surface area (Å²) in [5.74, 6) is -0.796. The first-order valence-corrected chi connectivity index (χ1v) is 4.12. The molecule has 0 saturated heterocycles. The van der Waals surface area contributed by atoms with Gasteiger partial charge in [-0.25, -0.2) is 14.8 Å². The Hall–Kier alpha value is -0.680. The maximum atomic E-state index is 10.5. The third kappa shape index (κ3) is 1.73. The normalized spacial score (nSPS) is 9.92. The second-order valence-electron chi connectivity index (χ2n) is 2.03. The van der Waals surface area contributed by atoms with Crippen LogP contribution in [-0.2, 0) is 0 Å². The molecule has 0 fully saturated rings. The number of carboxylic acid groups (broad SMARTS) is 1. The Bertz CT molecular complexity index is 343. The highest BCUT2D eigenvalue weighted by molar-refractivity contribution is 9.10. The van der Waals surface area contributed by atoms with Crippen molar-refractivity contribution in [2.24, 2.45) is 0 Å². The summed E-state index contributed by atoms with van der Waals surface area (Å²) in [6.45, 7) is 1.57. The minimum atomic E-state index is -1.13. The summed E-state index contributed by atoms with van der Waals surface area (Å²) in [5.41, 5.74) is -0.118. The lowest BCUT2D eigenvalue weighted by Crippen LogP contribution is -2.05. The lowest BCUT2D eigenvalue weighted by Gasteiger charge is -2.00. The summed E-state index contributed by atoms with van der Waals surface area (Å²) in [6.07, 6.45) is 0. The van der Waals surface area contributed by atoms with Gasteiger partial charge in [-0.05, 0) is 22.9 Å². The summed E-state index contributed by atoms with van der Waals surface area (Å²) in [4.78, 5) is 18.0. The van der Waals surface area contributed by atoms with Crippen LogP contribution in [0.4, 0.5) is 0 Å². The van der Waals surface area contributed by atoms with Gasteiger partial charge in [-0.15, -0.1) is 0 Å². The minimum absolute atomic E-state index is 0.111. The van der Waals surface area contributed by atoms with Crippen LogP contribution in [0, 0.1) is 6.92 Å². The Morgan fingerprint density at radius 1 is 1.58 bits per heavy atom. The van der Waals surface area contributed by atoms with Gasteiger partial charge >= 0.3 is 5.97 Å². The van der Waals surface area contributed by atoms with Gasteiger partial charge in [0.1, 0.15) is 11.0 Å². The van der Waals surface area contributed by atoms with Crippen LogP contribution in [0.1, 0.15) is 16.3 Å². The fraction of sp³-hybridized carbons (Fsp3) is 0.167. The van der Waals surface area contributed by atoms with Crippen molar-refractivity contribution in [2.45, 2.75) is 6.92 Å². The number of aryl methyl sites for hydroxylation is 1. The van der Waals surface area contributed by atoms with Crippen molar-refractivity contribution in [1.29, 1.82) is 0 Å². The molecule has 1 rings (SSSR count). The third-order valence-electron chi connectivity index (χ3n) is 1.13. The number of carbonyl (C=O) groups is 1. The Labute approximate surface area is 81.7 Å². The Kier molecular flexibility index (Phi) is 2.64. The first-order valence-electron chi connectivity index (χ1n) is 2.95. The average molecular weight is 251 g/mol. The molecule has 12 heavy (non-hydrogen) atoms. The van der Waals surface area contributed by atoms with E-state index in [9.17, 15) is 4.79 Å². The number of hydrogen-bond acceptors (Lipinski definition) is 3. The van der Waals surface area contributed by atoms with E-state index in [0.29, 0.717) is 5.82 Å². The molecule has 1 aromatic heterocycles. The SMILES string of the molecule is Cc1nc(Cl)c(Br)c(C(=O)O)n1. The first-order chi connectivity index (χ1) is 5.52. The molecule has 0 aromatic carbocycles. The number of aromatic carboxylic acids is 1. The second kappa shape index (κ2) is 3.37. The van der Waals surface area contributed by atoms with Crippen LogP contribution in [0.25, 0.3) is 0 Å². The van der Waals surface area contributed by atoms with Gasteiger partial charge < -0.3 is 5.11 Å². The maximum Gasteiger partial charge on any atom is 0.355 e. The topological polar surface area (TPSA) is 63.1 Å². The first kappa shape index (κ1) is 9.41. The molecular weight excluding hydrogens is 247 g/mol. The minimum Gasteiger partial charge on any atom is -0.476 e. The zero-order valence-electron chi connectivity index (χ0n) is 6.01. The molecule has 1 heterocycles. The van der Waals surface area contributed by atoms with E-state index in [0.717, 1.165) is 0 Å². The Morgan fingerprint density at radius 3 is 2.67 bits per heavy atom. The number of aromatic nitrogens is 2. The molecule has 0 atom stereocenters. The zero-order chi connectivity index (χ0) is 9.30. The number of hydrogen-bond donors (Lipinski definition) is 1. The lowest BCUT2D eigenvalue weighted by molar-refractivity contribution is 0.0689. The van der Waals surface area contributed by atoms with Crippen molar-refractivity contribution < 1.29 is 9.90 Å². The van der Waals surface area contributed by atoms with Gasteiger partial charge in [-0.1, -0.05) is 11.6 Å². The summed E-state index contributed by atoms with van der Waals surface area (Å²) in [5, 5.41) is 8.75. The molecule has 0 bridgehead atoms. The largest absolute Gasteiger partial charge is 0.476 e. The summed E-state index contributed by atoms with van der Waals surface area (Å²) < 4.78 is 0.210. The molecule has 0 amide bonds. The van der Waals surface area contributed by atoms with E-state index in [4.69, 9.17) is 16.7 Å². The molecule has 0 unspecified atom stereocenters. The van der Waals surface area contributed by atoms with Gasteiger partial charge in [0.2, 0.25) is 0 Å². The highest BCUT2D eigenvalue weighted by atomic mass is 79.9. The van der Waals surface area contributed by atoms with Gasteiger partial charge in [0, 0.05) is 0 Å². The maximum absolute atomic E-state index is 10.5. The highest BCUT2D eigenvalue weighted by Crippen LogP contribution is 2.22. The van der Waals surface area contributed by atoms with Gasteiger partial charge in [0.05, 0.1) is 4.47 Å². The molecule has 0 aliphatic carbocycles. The lowest BCUT2D eigenvalue weighted by atomic mass is 10.4. The van der Waals surface area contributed by atoms with Crippen LogP contribution in [0.15, 0.2) is 4.47 Å². The van der Waals surface area contributed by atoms with E-state index in [-0.39, 0.29) is 15.3 Å². The summed E-state index contributed by atoms with van der Waals surface area (Å²) in [7, 11) is 0. The Morgan fingerprint density at radius 2 is 2.17 bits per heavy atom. The fourth-order valence-corrected chi connectivity index (χ4v) is 1.23. The van der Waals surface area contributed by atoms with E-state index in [2.05, 4.69) is 25.9 Å². The molecule has 0 spiro atoms. The van der Waals surface area contributed by atoms with Crippen molar-refractivity contribution in [2.75, 3.05) is 0 Å². The molecule has 0 radical (unpaired) electrons. The van der Waals surface area contributed by atoms with Gasteiger partial charge in [-0.2, -0.15) is 0 Å². The van der Waals surface area contributed by atoms with Gasteiger partial charge in [0.25, 0.3) is 0 Å². The van der Waals surface area contributed by atoms with Crippen LogP contribution in [-0.4, -0.2) is 21.0 Å². The smallest absolute Gasteiger partial charge is 0.355 e. The molecule has 64 valence electrons. The molecule has 4 nitrogen and oxygen atoms in total. The molecular formula is C6H4BrClN2O2. The summed E-state index contributed by atoms with van der Waals surface area (Å²) in [6, 6.07) is 0. The molecule has 0 saturated carbocycles. The van der Waals surface area contributed by atoms with Crippen LogP contribution in [0.5, 0.6) is 0 Å². The molecule has 0 aliphatic heterocycles. The fourth-order valence-electron chi connectivity index (χ4n) is 0.666. The van der Waals surface area contributed by atoms with Gasteiger partial charge in [0.15, 0.2) is 5.69 Å². The highest BCUT2D eigenvalue weighted by Gasteiger charge is 2.14. The van der Waals surface area contributed by atoms with Crippen molar-refractivity contribution in [3.05, 3.63) is 21.1 Å². The monoisotopic (exact) mass is 250 g/mol. The number of rotatable bonds is 1. The summed E-state index contributed by atoms with van der Waals surface area (Å²) >= 11 is 8.58. The van der Waals surface area contributed by atoms with Crippen molar-refractivity contribution >= 4 is 33.5 Å². The van der Waals surface area contributed by atoms with E-state index >= 15 is 0 Å². The van der Waals surface area contributed by atoms with E-state index < -0.39 is 5.97 Å². The van der Waals surface area contributed by atoms with E-state index in [1.54, 1.807) is 6.92 Å². The molecule has 1 N–H and O–H groups in total. The van der Waals surface area contributed by atoms with Gasteiger partial charge in [-0.3, -0.25) is 0 Å². The van der Waals surface area contributed by atoms with Crippen molar-refractivity contribution in [3.63, 3.8) is 0 Å². The predicted molar refractivity (Wildman–Crippen MR) is 46.4 cm³/mol. The number of carboxylic acids is 1. The van der Waals surface area contributed by atoms with Crippen LogP contribution >= 0.6 is 27.5 Å². The van der Waals surface area contributed by atoms with Crippen molar-refractivity contribution in [3.8, 4) is 0 Å². The molecule has 6 heteroatoms. The number of nitrogens with zero attached hydrogens (tertiary/aromatic N) is 2. The third-order valence-corrected chi connectivity index (χ3v) is 2.38. The van der Waals surface area contributed by atoms with Crippen LogP contribution in [0.3, 0.4) is 0 Å². The van der Waals surface area contributed by atoms with E-state index in [1.165, 1.54) is 0 Å². The standard InChI is InChI=1S/C6H4BrClN2O2/c1-2-9-4(6(11)12)3(7)5(8)10-2/h1H3,(H,11,12). The molecule has 0 aliphatic rings. The average Bonchev–Trinajstić information content (AvgIpc) is 1.96. The van der Waals surface area contributed by atoms with Crippen LogP contribution in [0.2, 0.25) is 5.15 Å². The Balaban J connectivity index is 3.37. The second-order valence-corrected chi connectivity index (χ2v) is 3.18. The quantitative estimate of drug-likeness (QED) is 0.774.